The Labute approximate surface area is 175 Å². The standard InChI is InChI=1S/C20H16BrFN2O4S/c1-28-19-5-3-2-4-18(19)24-29(26,27)15-9-6-13(7-10-15)20(25)23-17-11-8-14(21)12-16(17)22/h2-12,24H,1H3,(H,23,25). The van der Waals surface area contributed by atoms with Gasteiger partial charge in [0.1, 0.15) is 11.6 Å². The highest BCUT2D eigenvalue weighted by atomic mass is 79.9. The second kappa shape index (κ2) is 8.62. The van der Waals surface area contributed by atoms with E-state index in [9.17, 15) is 17.6 Å². The molecule has 2 N–H and O–H groups in total. The molecular formula is C20H16BrFN2O4S. The molecule has 0 aromatic heterocycles. The summed E-state index contributed by atoms with van der Waals surface area (Å²) in [6, 6.07) is 16.1. The molecule has 0 fully saturated rings. The minimum Gasteiger partial charge on any atom is -0.495 e. The fourth-order valence-corrected chi connectivity index (χ4v) is 3.91. The average Bonchev–Trinajstić information content (AvgIpc) is 2.70. The minimum atomic E-state index is -3.89. The Morgan fingerprint density at radius 2 is 1.69 bits per heavy atom. The zero-order valence-corrected chi connectivity index (χ0v) is 17.6. The van der Waals surface area contributed by atoms with Crippen LogP contribution in [0.25, 0.3) is 0 Å². The van der Waals surface area contributed by atoms with Crippen LogP contribution in [-0.2, 0) is 10.0 Å². The predicted molar refractivity (Wildman–Crippen MR) is 112 cm³/mol. The maximum atomic E-state index is 13.9. The van der Waals surface area contributed by atoms with E-state index in [-0.39, 0.29) is 16.1 Å². The number of para-hydroxylation sites is 2. The number of carbonyl (C=O) groups excluding carboxylic acids is 1. The van der Waals surface area contributed by atoms with Crippen molar-refractivity contribution in [2.75, 3.05) is 17.1 Å². The lowest BCUT2D eigenvalue weighted by atomic mass is 10.2. The molecular weight excluding hydrogens is 463 g/mol. The number of methoxy groups -OCH3 is 1. The SMILES string of the molecule is COc1ccccc1NS(=O)(=O)c1ccc(C(=O)Nc2ccc(Br)cc2F)cc1. The molecule has 0 atom stereocenters. The van der Waals surface area contributed by atoms with E-state index in [1.165, 1.54) is 43.5 Å². The van der Waals surface area contributed by atoms with Crippen molar-refractivity contribution in [2.24, 2.45) is 0 Å². The topological polar surface area (TPSA) is 84.5 Å². The molecule has 0 heterocycles. The molecule has 0 aliphatic carbocycles. The van der Waals surface area contributed by atoms with E-state index in [2.05, 4.69) is 26.0 Å². The Hall–Kier alpha value is -2.91. The van der Waals surface area contributed by atoms with Crippen LogP contribution in [0, 0.1) is 5.82 Å². The summed E-state index contributed by atoms with van der Waals surface area (Å²) in [7, 11) is -2.45. The fourth-order valence-electron chi connectivity index (χ4n) is 2.50. The molecule has 0 radical (unpaired) electrons. The van der Waals surface area contributed by atoms with Gasteiger partial charge >= 0.3 is 0 Å². The van der Waals surface area contributed by atoms with Crippen molar-refractivity contribution in [1.29, 1.82) is 0 Å². The van der Waals surface area contributed by atoms with Crippen molar-refractivity contribution in [3.8, 4) is 5.75 Å². The van der Waals surface area contributed by atoms with E-state index in [0.29, 0.717) is 15.9 Å². The molecule has 0 aliphatic heterocycles. The van der Waals surface area contributed by atoms with Gasteiger partial charge in [0.2, 0.25) is 0 Å². The van der Waals surface area contributed by atoms with Gasteiger partial charge in [-0.05, 0) is 54.6 Å². The van der Waals surface area contributed by atoms with Gasteiger partial charge in [-0.15, -0.1) is 0 Å². The van der Waals surface area contributed by atoms with Crippen LogP contribution >= 0.6 is 15.9 Å². The van der Waals surface area contributed by atoms with Gasteiger partial charge in [0, 0.05) is 10.0 Å². The molecule has 0 bridgehead atoms. The lowest BCUT2D eigenvalue weighted by Crippen LogP contribution is -2.15. The lowest BCUT2D eigenvalue weighted by Gasteiger charge is -2.12. The summed E-state index contributed by atoms with van der Waals surface area (Å²) in [6.07, 6.45) is 0. The maximum Gasteiger partial charge on any atom is 0.262 e. The highest BCUT2D eigenvalue weighted by Crippen LogP contribution is 2.26. The van der Waals surface area contributed by atoms with Crippen molar-refractivity contribution < 1.29 is 22.3 Å². The molecule has 0 spiro atoms. The smallest absolute Gasteiger partial charge is 0.262 e. The number of rotatable bonds is 6. The Kier molecular flexibility index (Phi) is 6.19. The summed E-state index contributed by atoms with van der Waals surface area (Å²) < 4.78 is 47.2. The number of anilines is 2. The van der Waals surface area contributed by atoms with E-state index < -0.39 is 21.7 Å². The monoisotopic (exact) mass is 478 g/mol. The summed E-state index contributed by atoms with van der Waals surface area (Å²) in [6.45, 7) is 0. The summed E-state index contributed by atoms with van der Waals surface area (Å²) in [4.78, 5) is 12.3. The van der Waals surface area contributed by atoms with Crippen molar-refractivity contribution in [3.05, 3.63) is 82.6 Å². The summed E-state index contributed by atoms with van der Waals surface area (Å²) >= 11 is 3.14. The third kappa shape index (κ3) is 4.93. The van der Waals surface area contributed by atoms with Gasteiger partial charge in [-0.2, -0.15) is 0 Å². The molecule has 3 aromatic carbocycles. The zero-order valence-electron chi connectivity index (χ0n) is 15.1. The van der Waals surface area contributed by atoms with E-state index in [1.54, 1.807) is 30.3 Å². The van der Waals surface area contributed by atoms with Gasteiger partial charge in [0.05, 0.1) is 23.4 Å². The number of benzene rings is 3. The third-order valence-electron chi connectivity index (χ3n) is 3.96. The van der Waals surface area contributed by atoms with Crippen LogP contribution in [0.15, 0.2) is 76.1 Å². The first-order valence-corrected chi connectivity index (χ1v) is 10.6. The first-order chi connectivity index (χ1) is 13.8. The van der Waals surface area contributed by atoms with E-state index >= 15 is 0 Å². The second-order valence-electron chi connectivity index (χ2n) is 5.91. The van der Waals surface area contributed by atoms with Crippen molar-refractivity contribution in [2.45, 2.75) is 4.90 Å². The Bertz CT molecular complexity index is 1150. The molecule has 0 saturated carbocycles. The van der Waals surface area contributed by atoms with Crippen LogP contribution in [-0.4, -0.2) is 21.4 Å². The lowest BCUT2D eigenvalue weighted by molar-refractivity contribution is 0.102. The van der Waals surface area contributed by atoms with Crippen molar-refractivity contribution in [1.82, 2.24) is 0 Å². The molecule has 3 rings (SSSR count). The summed E-state index contributed by atoms with van der Waals surface area (Å²) in [5.41, 5.74) is 0.499. The first kappa shape index (κ1) is 20.8. The molecule has 0 aliphatic rings. The van der Waals surface area contributed by atoms with Crippen molar-refractivity contribution in [3.63, 3.8) is 0 Å². The number of hydrogen-bond acceptors (Lipinski definition) is 4. The molecule has 3 aromatic rings. The first-order valence-electron chi connectivity index (χ1n) is 8.32. The fraction of sp³-hybridized carbons (Fsp3) is 0.0500. The predicted octanol–water partition coefficient (Wildman–Crippen LogP) is 4.65. The molecule has 0 unspecified atom stereocenters. The van der Waals surface area contributed by atoms with Crippen molar-refractivity contribution >= 4 is 43.2 Å². The summed E-state index contributed by atoms with van der Waals surface area (Å²) in [5.74, 6) is -0.774. The second-order valence-corrected chi connectivity index (χ2v) is 8.51. The molecule has 1 amide bonds. The van der Waals surface area contributed by atoms with Crippen LogP contribution < -0.4 is 14.8 Å². The third-order valence-corrected chi connectivity index (χ3v) is 5.83. The minimum absolute atomic E-state index is 0.0211. The zero-order chi connectivity index (χ0) is 21.0. The van der Waals surface area contributed by atoms with Gasteiger partial charge in [-0.1, -0.05) is 28.1 Å². The number of amides is 1. The van der Waals surface area contributed by atoms with Crippen LogP contribution in [0.2, 0.25) is 0 Å². The van der Waals surface area contributed by atoms with Gasteiger partial charge in [0.25, 0.3) is 15.9 Å². The van der Waals surface area contributed by atoms with Crippen LogP contribution in [0.1, 0.15) is 10.4 Å². The maximum absolute atomic E-state index is 13.9. The summed E-state index contributed by atoms with van der Waals surface area (Å²) in [5, 5.41) is 2.45. The largest absolute Gasteiger partial charge is 0.495 e. The Morgan fingerprint density at radius 1 is 1.00 bits per heavy atom. The molecule has 150 valence electrons. The number of nitrogens with one attached hydrogen (secondary N) is 2. The number of hydrogen-bond donors (Lipinski definition) is 2. The number of halogens is 2. The van der Waals surface area contributed by atoms with Gasteiger partial charge in [0.15, 0.2) is 0 Å². The number of sulfonamides is 1. The van der Waals surface area contributed by atoms with Crippen LogP contribution in [0.3, 0.4) is 0 Å². The van der Waals surface area contributed by atoms with Crippen LogP contribution in [0.5, 0.6) is 5.75 Å². The van der Waals surface area contributed by atoms with Crippen LogP contribution in [0.4, 0.5) is 15.8 Å². The molecule has 9 heteroatoms. The highest BCUT2D eigenvalue weighted by molar-refractivity contribution is 9.10. The Balaban J connectivity index is 1.77. The Morgan fingerprint density at radius 3 is 2.34 bits per heavy atom. The molecule has 6 nitrogen and oxygen atoms in total. The van der Waals surface area contributed by atoms with Gasteiger partial charge in [-0.3, -0.25) is 9.52 Å². The normalized spacial score (nSPS) is 11.0. The molecule has 29 heavy (non-hydrogen) atoms. The van der Waals surface area contributed by atoms with Gasteiger partial charge < -0.3 is 10.1 Å². The molecule has 0 saturated heterocycles. The van der Waals surface area contributed by atoms with E-state index in [0.717, 1.165) is 0 Å². The van der Waals surface area contributed by atoms with E-state index in [4.69, 9.17) is 4.74 Å². The van der Waals surface area contributed by atoms with Gasteiger partial charge in [-0.25, -0.2) is 12.8 Å². The highest BCUT2D eigenvalue weighted by Gasteiger charge is 2.17. The quantitative estimate of drug-likeness (QED) is 0.539. The van der Waals surface area contributed by atoms with E-state index in [1.807, 2.05) is 0 Å². The number of carbonyl (C=O) groups is 1. The average molecular weight is 479 g/mol. The number of ether oxygens (including phenoxy) is 1.